The number of hydrogen-bond acceptors (Lipinski definition) is 6. The first kappa shape index (κ1) is 23.1. The predicted octanol–water partition coefficient (Wildman–Crippen LogP) is 4.55. The van der Waals surface area contributed by atoms with Crippen molar-refractivity contribution in [3.63, 3.8) is 0 Å². The molecule has 2 atom stereocenters. The van der Waals surface area contributed by atoms with E-state index in [9.17, 15) is 9.90 Å². The quantitative estimate of drug-likeness (QED) is 0.331. The van der Waals surface area contributed by atoms with E-state index in [0.29, 0.717) is 30.0 Å². The number of carbonyl (C=O) groups is 1. The Morgan fingerprint density at radius 2 is 1.84 bits per heavy atom. The molecule has 0 aliphatic heterocycles. The average molecular weight is 493 g/mol. The SMILES string of the molecule is Cc1cc2ccccc2cc1C(=O)NCc1ccc(-c2nn(C3CCC(O)C3)c3ncnc(N)c23)cc1. The van der Waals surface area contributed by atoms with Crippen LogP contribution in [0.25, 0.3) is 33.1 Å². The van der Waals surface area contributed by atoms with Gasteiger partial charge in [0.05, 0.1) is 17.5 Å². The standard InChI is InChI=1S/C29H28N6O2/c1-17-12-20-4-2-3-5-21(20)13-24(17)29(37)31-15-18-6-8-19(9-7-18)26-25-27(30)32-16-33-28(25)35(34-26)22-10-11-23(36)14-22/h2-9,12-13,16,22-23,36H,10-11,14-15H2,1H3,(H,31,37)(H2,30,32,33). The number of aliphatic hydroxyl groups excluding tert-OH is 1. The van der Waals surface area contributed by atoms with Crippen LogP contribution in [0.4, 0.5) is 5.82 Å². The Bertz CT molecular complexity index is 1630. The van der Waals surface area contributed by atoms with Crippen LogP contribution in [0.5, 0.6) is 0 Å². The van der Waals surface area contributed by atoms with Gasteiger partial charge in [0.15, 0.2) is 5.65 Å². The van der Waals surface area contributed by atoms with Gasteiger partial charge in [-0.15, -0.1) is 0 Å². The predicted molar refractivity (Wildman–Crippen MR) is 144 cm³/mol. The third kappa shape index (κ3) is 4.29. The van der Waals surface area contributed by atoms with E-state index < -0.39 is 0 Å². The van der Waals surface area contributed by atoms with Crippen LogP contribution >= 0.6 is 0 Å². The van der Waals surface area contributed by atoms with Crippen LogP contribution in [-0.2, 0) is 6.54 Å². The average Bonchev–Trinajstić information content (AvgIpc) is 3.51. The van der Waals surface area contributed by atoms with Gasteiger partial charge in [0.1, 0.15) is 17.8 Å². The summed E-state index contributed by atoms with van der Waals surface area (Å²) in [5, 5.41) is 20.8. The molecule has 8 heteroatoms. The fourth-order valence-corrected chi connectivity index (χ4v) is 5.27. The molecule has 4 N–H and O–H groups in total. The van der Waals surface area contributed by atoms with Crippen molar-refractivity contribution in [1.29, 1.82) is 0 Å². The van der Waals surface area contributed by atoms with Crippen molar-refractivity contribution >= 4 is 33.5 Å². The van der Waals surface area contributed by atoms with Crippen molar-refractivity contribution in [2.45, 2.75) is 44.9 Å². The topological polar surface area (TPSA) is 119 Å². The summed E-state index contributed by atoms with van der Waals surface area (Å²) in [6.45, 7) is 2.37. The molecule has 0 radical (unpaired) electrons. The van der Waals surface area contributed by atoms with Crippen molar-refractivity contribution in [2.75, 3.05) is 5.73 Å². The summed E-state index contributed by atoms with van der Waals surface area (Å²) in [5.74, 6) is 0.285. The Hall–Kier alpha value is -4.30. The van der Waals surface area contributed by atoms with E-state index >= 15 is 0 Å². The van der Waals surface area contributed by atoms with E-state index in [4.69, 9.17) is 10.8 Å². The van der Waals surface area contributed by atoms with Crippen LogP contribution in [0.2, 0.25) is 0 Å². The van der Waals surface area contributed by atoms with Crippen LogP contribution in [0.15, 0.2) is 67.0 Å². The minimum atomic E-state index is -0.320. The summed E-state index contributed by atoms with van der Waals surface area (Å²) in [6.07, 6.45) is 3.38. The molecule has 1 aliphatic rings. The van der Waals surface area contributed by atoms with Gasteiger partial charge in [-0.25, -0.2) is 14.6 Å². The molecular weight excluding hydrogens is 464 g/mol. The maximum atomic E-state index is 12.9. The van der Waals surface area contributed by atoms with Gasteiger partial charge in [-0.3, -0.25) is 4.79 Å². The number of nitrogen functional groups attached to an aromatic ring is 1. The number of anilines is 1. The summed E-state index contributed by atoms with van der Waals surface area (Å²) >= 11 is 0. The maximum Gasteiger partial charge on any atom is 0.251 e. The highest BCUT2D eigenvalue weighted by Gasteiger charge is 2.28. The molecule has 1 amide bonds. The third-order valence-electron chi connectivity index (χ3n) is 7.26. The lowest BCUT2D eigenvalue weighted by molar-refractivity contribution is 0.0950. The number of aryl methyl sites for hydroxylation is 1. The molecule has 0 saturated heterocycles. The highest BCUT2D eigenvalue weighted by atomic mass is 16.3. The zero-order valence-electron chi connectivity index (χ0n) is 20.6. The fourth-order valence-electron chi connectivity index (χ4n) is 5.27. The van der Waals surface area contributed by atoms with Gasteiger partial charge in [0.25, 0.3) is 5.91 Å². The fraction of sp³-hybridized carbons (Fsp3) is 0.241. The highest BCUT2D eigenvalue weighted by molar-refractivity contribution is 6.00. The van der Waals surface area contributed by atoms with E-state index in [1.165, 1.54) is 6.33 Å². The minimum absolute atomic E-state index is 0.0774. The number of benzene rings is 3. The molecule has 186 valence electrons. The van der Waals surface area contributed by atoms with Gasteiger partial charge in [-0.05, 0) is 54.2 Å². The lowest BCUT2D eigenvalue weighted by Crippen LogP contribution is -2.23. The first-order chi connectivity index (χ1) is 18.0. The zero-order valence-corrected chi connectivity index (χ0v) is 20.6. The molecule has 37 heavy (non-hydrogen) atoms. The van der Waals surface area contributed by atoms with Crippen LogP contribution in [0.3, 0.4) is 0 Å². The summed E-state index contributed by atoms with van der Waals surface area (Å²) in [4.78, 5) is 21.6. The summed E-state index contributed by atoms with van der Waals surface area (Å²) in [6, 6.07) is 20.0. The number of fused-ring (bicyclic) bond motifs is 2. The lowest BCUT2D eigenvalue weighted by Gasteiger charge is -2.10. The number of rotatable bonds is 5. The van der Waals surface area contributed by atoms with E-state index in [2.05, 4.69) is 21.4 Å². The minimum Gasteiger partial charge on any atom is -0.393 e. The van der Waals surface area contributed by atoms with Crippen LogP contribution in [0.1, 0.15) is 46.8 Å². The highest BCUT2D eigenvalue weighted by Crippen LogP contribution is 2.36. The van der Waals surface area contributed by atoms with Crippen LogP contribution in [0, 0.1) is 6.92 Å². The van der Waals surface area contributed by atoms with E-state index in [-0.39, 0.29) is 18.1 Å². The molecule has 8 nitrogen and oxygen atoms in total. The molecule has 3 aromatic carbocycles. The normalized spacial score (nSPS) is 17.5. The number of nitrogens with two attached hydrogens (primary N) is 1. The second kappa shape index (κ2) is 9.29. The molecule has 0 spiro atoms. The molecule has 1 saturated carbocycles. The van der Waals surface area contributed by atoms with Gasteiger partial charge >= 0.3 is 0 Å². The Labute approximate surface area is 214 Å². The molecule has 0 bridgehead atoms. The number of aliphatic hydroxyl groups is 1. The number of nitrogens with zero attached hydrogens (tertiary/aromatic N) is 4. The number of hydrogen-bond donors (Lipinski definition) is 3. The van der Waals surface area contributed by atoms with E-state index in [1.54, 1.807) is 0 Å². The van der Waals surface area contributed by atoms with Crippen LogP contribution in [-0.4, -0.2) is 36.9 Å². The Morgan fingerprint density at radius 3 is 2.57 bits per heavy atom. The number of carbonyl (C=O) groups excluding carboxylic acids is 1. The lowest BCUT2D eigenvalue weighted by atomic mass is 10.0. The molecule has 2 aromatic heterocycles. The molecule has 1 fully saturated rings. The second-order valence-corrected chi connectivity index (χ2v) is 9.77. The number of nitrogens with one attached hydrogen (secondary N) is 1. The molecular formula is C29H28N6O2. The third-order valence-corrected chi connectivity index (χ3v) is 7.26. The van der Waals surface area contributed by atoms with Crippen molar-refractivity contribution in [3.05, 3.63) is 83.7 Å². The van der Waals surface area contributed by atoms with Crippen molar-refractivity contribution in [2.24, 2.45) is 0 Å². The van der Waals surface area contributed by atoms with Crippen molar-refractivity contribution in [3.8, 4) is 11.3 Å². The molecule has 6 rings (SSSR count). The van der Waals surface area contributed by atoms with Crippen LogP contribution < -0.4 is 11.1 Å². The maximum absolute atomic E-state index is 12.9. The first-order valence-electron chi connectivity index (χ1n) is 12.5. The van der Waals surface area contributed by atoms with Gasteiger partial charge in [0.2, 0.25) is 0 Å². The zero-order chi connectivity index (χ0) is 25.5. The monoisotopic (exact) mass is 492 g/mol. The largest absolute Gasteiger partial charge is 0.393 e. The van der Waals surface area contributed by atoms with Gasteiger partial charge in [-0.2, -0.15) is 5.10 Å². The molecule has 2 heterocycles. The molecule has 2 unspecified atom stereocenters. The molecule has 1 aliphatic carbocycles. The van der Waals surface area contributed by atoms with Crippen molar-refractivity contribution in [1.82, 2.24) is 25.1 Å². The van der Waals surface area contributed by atoms with Gasteiger partial charge in [0, 0.05) is 17.7 Å². The Morgan fingerprint density at radius 1 is 1.08 bits per heavy atom. The van der Waals surface area contributed by atoms with E-state index in [1.807, 2.05) is 66.2 Å². The first-order valence-corrected chi connectivity index (χ1v) is 12.5. The van der Waals surface area contributed by atoms with Gasteiger partial charge in [-0.1, -0.05) is 54.6 Å². The summed E-state index contributed by atoms with van der Waals surface area (Å²) in [5.41, 5.74) is 11.1. The summed E-state index contributed by atoms with van der Waals surface area (Å²) < 4.78 is 1.89. The molecule has 5 aromatic rings. The Balaban J connectivity index is 1.23. The summed E-state index contributed by atoms with van der Waals surface area (Å²) in [7, 11) is 0. The van der Waals surface area contributed by atoms with Gasteiger partial charge < -0.3 is 16.2 Å². The second-order valence-electron chi connectivity index (χ2n) is 9.77. The smallest absolute Gasteiger partial charge is 0.251 e. The number of aromatic nitrogens is 4. The Kier molecular flexibility index (Phi) is 5.81. The number of amides is 1. The van der Waals surface area contributed by atoms with Crippen molar-refractivity contribution < 1.29 is 9.90 Å². The van der Waals surface area contributed by atoms with E-state index in [0.717, 1.165) is 51.4 Å².